The number of hydrogen-bond acceptors (Lipinski definition) is 2. The summed E-state index contributed by atoms with van der Waals surface area (Å²) in [6.45, 7) is 0. The zero-order chi connectivity index (χ0) is 12.7. The molecule has 0 unspecified atom stereocenters. The highest BCUT2D eigenvalue weighted by atomic mass is 35.5. The molecule has 1 heterocycles. The van der Waals surface area contributed by atoms with Gasteiger partial charge < -0.3 is 10.2 Å². The van der Waals surface area contributed by atoms with Crippen LogP contribution >= 0.6 is 11.6 Å². The summed E-state index contributed by atoms with van der Waals surface area (Å²) < 4.78 is 1.49. The van der Waals surface area contributed by atoms with Gasteiger partial charge in [0.25, 0.3) is 0 Å². The molecule has 0 fully saturated rings. The molecule has 1 aromatic heterocycles. The number of rotatable bonds is 1. The number of aromatic nitrogens is 1. The van der Waals surface area contributed by atoms with Crippen LogP contribution in [0.3, 0.4) is 0 Å². The standard InChI is InChI=1S/C14H14ClNO2/c15-9-5-7-10(8-6-9)16-13(17)11-3-1-2-4-12(11)14(16)18/h5-8,17-18H,1-4H2. The normalized spacial score (nSPS) is 14.5. The Hall–Kier alpha value is -1.61. The average molecular weight is 264 g/mol. The van der Waals surface area contributed by atoms with Crippen LogP contribution in [0.4, 0.5) is 0 Å². The maximum absolute atomic E-state index is 10.2. The Morgan fingerprint density at radius 1 is 0.889 bits per heavy atom. The van der Waals surface area contributed by atoms with Crippen molar-refractivity contribution in [3.63, 3.8) is 0 Å². The van der Waals surface area contributed by atoms with Gasteiger partial charge in [-0.05, 0) is 49.9 Å². The van der Waals surface area contributed by atoms with E-state index in [4.69, 9.17) is 11.6 Å². The van der Waals surface area contributed by atoms with Crippen molar-refractivity contribution in [2.24, 2.45) is 0 Å². The summed E-state index contributed by atoms with van der Waals surface area (Å²) in [7, 11) is 0. The molecule has 0 aliphatic heterocycles. The molecule has 3 nitrogen and oxygen atoms in total. The van der Waals surface area contributed by atoms with Crippen molar-refractivity contribution in [3.8, 4) is 17.4 Å². The van der Waals surface area contributed by atoms with Crippen molar-refractivity contribution < 1.29 is 10.2 Å². The Bertz CT molecular complexity index is 557. The quantitative estimate of drug-likeness (QED) is 0.828. The lowest BCUT2D eigenvalue weighted by Crippen LogP contribution is -1.98. The molecule has 1 aliphatic rings. The number of hydrogen-bond donors (Lipinski definition) is 2. The molecule has 0 spiro atoms. The monoisotopic (exact) mass is 263 g/mol. The van der Waals surface area contributed by atoms with E-state index in [9.17, 15) is 10.2 Å². The number of fused-ring (bicyclic) bond motifs is 1. The third-order valence-corrected chi connectivity index (χ3v) is 3.77. The Labute approximate surface area is 110 Å². The van der Waals surface area contributed by atoms with Gasteiger partial charge in [0.2, 0.25) is 11.8 Å². The molecule has 0 atom stereocenters. The molecule has 4 heteroatoms. The Balaban J connectivity index is 2.17. The lowest BCUT2D eigenvalue weighted by Gasteiger charge is -2.09. The van der Waals surface area contributed by atoms with Crippen LogP contribution in [0, 0.1) is 0 Å². The molecule has 0 saturated carbocycles. The predicted molar refractivity (Wildman–Crippen MR) is 70.8 cm³/mol. The van der Waals surface area contributed by atoms with E-state index in [2.05, 4.69) is 0 Å². The fourth-order valence-electron chi connectivity index (χ4n) is 2.60. The van der Waals surface area contributed by atoms with E-state index in [1.54, 1.807) is 24.3 Å². The van der Waals surface area contributed by atoms with E-state index in [0.29, 0.717) is 5.02 Å². The van der Waals surface area contributed by atoms with Gasteiger partial charge in [0.1, 0.15) is 0 Å². The van der Waals surface area contributed by atoms with Crippen LogP contribution in [0.25, 0.3) is 5.69 Å². The lowest BCUT2D eigenvalue weighted by atomic mass is 9.95. The van der Waals surface area contributed by atoms with Gasteiger partial charge in [-0.25, -0.2) is 0 Å². The Kier molecular flexibility index (Phi) is 2.71. The summed E-state index contributed by atoms with van der Waals surface area (Å²) in [5, 5.41) is 21.1. The highest BCUT2D eigenvalue weighted by Gasteiger charge is 2.24. The van der Waals surface area contributed by atoms with Crippen LogP contribution in [0.2, 0.25) is 5.02 Å². The number of halogens is 1. The first-order valence-electron chi connectivity index (χ1n) is 6.09. The molecular formula is C14H14ClNO2. The van der Waals surface area contributed by atoms with Crippen LogP contribution in [-0.2, 0) is 12.8 Å². The van der Waals surface area contributed by atoms with E-state index in [1.165, 1.54) is 4.57 Å². The minimum Gasteiger partial charge on any atom is -0.494 e. The van der Waals surface area contributed by atoms with Crippen LogP contribution in [-0.4, -0.2) is 14.8 Å². The van der Waals surface area contributed by atoms with Crippen molar-refractivity contribution in [1.82, 2.24) is 4.57 Å². The highest BCUT2D eigenvalue weighted by molar-refractivity contribution is 6.30. The smallest absolute Gasteiger partial charge is 0.202 e. The predicted octanol–water partition coefficient (Wildman–Crippen LogP) is 3.42. The van der Waals surface area contributed by atoms with Crippen molar-refractivity contribution in [3.05, 3.63) is 40.4 Å². The number of aromatic hydroxyl groups is 2. The van der Waals surface area contributed by atoms with Gasteiger partial charge in [-0.2, -0.15) is 0 Å². The second-order valence-corrected chi connectivity index (χ2v) is 5.06. The van der Waals surface area contributed by atoms with Gasteiger partial charge >= 0.3 is 0 Å². The van der Waals surface area contributed by atoms with Crippen LogP contribution in [0.15, 0.2) is 24.3 Å². The van der Waals surface area contributed by atoms with E-state index < -0.39 is 0 Å². The van der Waals surface area contributed by atoms with Gasteiger partial charge in [-0.1, -0.05) is 11.6 Å². The fourth-order valence-corrected chi connectivity index (χ4v) is 2.73. The summed E-state index contributed by atoms with van der Waals surface area (Å²) in [6.07, 6.45) is 3.78. The van der Waals surface area contributed by atoms with Crippen LogP contribution in [0.1, 0.15) is 24.0 Å². The third-order valence-electron chi connectivity index (χ3n) is 3.52. The summed E-state index contributed by atoms with van der Waals surface area (Å²) in [6, 6.07) is 7.06. The van der Waals surface area contributed by atoms with Crippen molar-refractivity contribution in [2.45, 2.75) is 25.7 Å². The molecule has 3 rings (SSSR count). The summed E-state index contributed by atoms with van der Waals surface area (Å²) in [4.78, 5) is 0. The zero-order valence-corrected chi connectivity index (χ0v) is 10.6. The summed E-state index contributed by atoms with van der Waals surface area (Å²) >= 11 is 5.85. The highest BCUT2D eigenvalue weighted by Crippen LogP contribution is 2.40. The minimum atomic E-state index is 0.157. The second kappa shape index (κ2) is 4.25. The lowest BCUT2D eigenvalue weighted by molar-refractivity contribution is 0.399. The van der Waals surface area contributed by atoms with Gasteiger partial charge in [0, 0.05) is 16.1 Å². The van der Waals surface area contributed by atoms with Crippen molar-refractivity contribution in [2.75, 3.05) is 0 Å². The molecule has 1 aromatic carbocycles. The third kappa shape index (κ3) is 1.66. The molecule has 2 N–H and O–H groups in total. The number of nitrogens with zero attached hydrogens (tertiary/aromatic N) is 1. The SMILES string of the molecule is Oc1c2c(c(O)n1-c1ccc(Cl)cc1)CCCC2. The Morgan fingerprint density at radius 2 is 1.39 bits per heavy atom. The summed E-state index contributed by atoms with van der Waals surface area (Å²) in [5.41, 5.74) is 2.49. The Morgan fingerprint density at radius 3 is 1.89 bits per heavy atom. The largest absolute Gasteiger partial charge is 0.494 e. The van der Waals surface area contributed by atoms with Gasteiger partial charge in [0.15, 0.2) is 0 Å². The van der Waals surface area contributed by atoms with Crippen molar-refractivity contribution in [1.29, 1.82) is 0 Å². The maximum Gasteiger partial charge on any atom is 0.202 e. The van der Waals surface area contributed by atoms with E-state index >= 15 is 0 Å². The first-order valence-corrected chi connectivity index (χ1v) is 6.46. The van der Waals surface area contributed by atoms with Gasteiger partial charge in [0.05, 0.1) is 5.69 Å². The molecule has 0 amide bonds. The minimum absolute atomic E-state index is 0.157. The van der Waals surface area contributed by atoms with Crippen LogP contribution < -0.4 is 0 Å². The molecule has 18 heavy (non-hydrogen) atoms. The molecule has 2 aromatic rings. The molecule has 0 bridgehead atoms. The van der Waals surface area contributed by atoms with E-state index in [-0.39, 0.29) is 11.8 Å². The zero-order valence-electron chi connectivity index (χ0n) is 9.86. The first-order chi connectivity index (χ1) is 8.68. The molecule has 0 saturated heterocycles. The fraction of sp³-hybridized carbons (Fsp3) is 0.286. The first kappa shape index (κ1) is 11.5. The maximum atomic E-state index is 10.2. The summed E-state index contributed by atoms with van der Waals surface area (Å²) in [5.74, 6) is 0.314. The topological polar surface area (TPSA) is 45.4 Å². The molecule has 94 valence electrons. The van der Waals surface area contributed by atoms with Gasteiger partial charge in [-0.15, -0.1) is 0 Å². The van der Waals surface area contributed by atoms with E-state index in [1.807, 2.05) is 0 Å². The van der Waals surface area contributed by atoms with Gasteiger partial charge in [-0.3, -0.25) is 4.57 Å². The second-order valence-electron chi connectivity index (χ2n) is 4.62. The van der Waals surface area contributed by atoms with E-state index in [0.717, 1.165) is 42.5 Å². The average Bonchev–Trinajstić information content (AvgIpc) is 2.64. The number of benzene rings is 1. The molecule has 1 aliphatic carbocycles. The molecular weight excluding hydrogens is 250 g/mol. The van der Waals surface area contributed by atoms with Crippen LogP contribution in [0.5, 0.6) is 11.8 Å². The molecule has 0 radical (unpaired) electrons. The van der Waals surface area contributed by atoms with Crippen molar-refractivity contribution >= 4 is 11.6 Å².